The van der Waals surface area contributed by atoms with Gasteiger partial charge < -0.3 is 14.0 Å². The highest BCUT2D eigenvalue weighted by Crippen LogP contribution is 2.11. The topological polar surface area (TPSA) is 56.6 Å². The minimum absolute atomic E-state index is 0.145. The quantitative estimate of drug-likeness (QED) is 0.787. The zero-order valence-corrected chi connectivity index (χ0v) is 13.2. The molecule has 23 heavy (non-hydrogen) atoms. The van der Waals surface area contributed by atoms with Crippen LogP contribution in [0.3, 0.4) is 0 Å². The molecule has 2 aromatic rings. The maximum Gasteiger partial charge on any atom is 0.338 e. The average Bonchev–Trinajstić information content (AvgIpc) is 3.10. The second-order valence-electron chi connectivity index (χ2n) is 5.65. The molecule has 1 aromatic heterocycles. The number of morpholine rings is 1. The number of carbonyl (C=O) groups excluding carboxylic acids is 1. The molecule has 1 saturated heterocycles. The highest BCUT2D eigenvalue weighted by atomic mass is 16.5. The Labute approximate surface area is 135 Å². The minimum Gasteiger partial charge on any atom is -0.458 e. The lowest BCUT2D eigenvalue weighted by atomic mass is 10.2. The van der Waals surface area contributed by atoms with Gasteiger partial charge in [-0.3, -0.25) is 4.90 Å². The summed E-state index contributed by atoms with van der Waals surface area (Å²) in [5, 5.41) is 0. The molecule has 2 heterocycles. The molecule has 0 aliphatic carbocycles. The Morgan fingerprint density at radius 3 is 2.70 bits per heavy atom. The SMILES string of the molecule is CC(CN1CCOCC1)OC(=O)c1ccc(-n2ccnc2)cc1. The van der Waals surface area contributed by atoms with Crippen molar-refractivity contribution >= 4 is 5.97 Å². The summed E-state index contributed by atoms with van der Waals surface area (Å²) >= 11 is 0. The van der Waals surface area contributed by atoms with Gasteiger partial charge >= 0.3 is 5.97 Å². The van der Waals surface area contributed by atoms with E-state index < -0.39 is 0 Å². The predicted octanol–water partition coefficient (Wildman–Crippen LogP) is 1.75. The number of ether oxygens (including phenoxy) is 2. The molecule has 1 aromatic carbocycles. The molecule has 1 atom stereocenters. The Morgan fingerprint density at radius 1 is 1.30 bits per heavy atom. The van der Waals surface area contributed by atoms with Crippen molar-refractivity contribution in [2.24, 2.45) is 0 Å². The van der Waals surface area contributed by atoms with E-state index in [-0.39, 0.29) is 12.1 Å². The van der Waals surface area contributed by atoms with Crippen molar-refractivity contribution in [3.8, 4) is 5.69 Å². The van der Waals surface area contributed by atoms with Crippen LogP contribution in [0.25, 0.3) is 5.69 Å². The van der Waals surface area contributed by atoms with Crippen LogP contribution in [0.4, 0.5) is 0 Å². The second-order valence-corrected chi connectivity index (χ2v) is 5.65. The average molecular weight is 315 g/mol. The van der Waals surface area contributed by atoms with Crippen LogP contribution in [0.15, 0.2) is 43.0 Å². The molecule has 0 radical (unpaired) electrons. The van der Waals surface area contributed by atoms with Crippen LogP contribution in [-0.4, -0.2) is 59.4 Å². The van der Waals surface area contributed by atoms with Gasteiger partial charge in [0.15, 0.2) is 0 Å². The number of aromatic nitrogens is 2. The van der Waals surface area contributed by atoms with Gasteiger partial charge in [0.2, 0.25) is 0 Å². The largest absolute Gasteiger partial charge is 0.458 e. The van der Waals surface area contributed by atoms with Crippen LogP contribution in [0.5, 0.6) is 0 Å². The van der Waals surface area contributed by atoms with E-state index in [2.05, 4.69) is 9.88 Å². The van der Waals surface area contributed by atoms with E-state index in [1.807, 2.05) is 29.8 Å². The number of esters is 1. The van der Waals surface area contributed by atoms with Gasteiger partial charge in [-0.2, -0.15) is 0 Å². The van der Waals surface area contributed by atoms with Crippen molar-refractivity contribution in [1.29, 1.82) is 0 Å². The third kappa shape index (κ3) is 4.18. The molecule has 1 aliphatic heterocycles. The van der Waals surface area contributed by atoms with Crippen LogP contribution in [0.2, 0.25) is 0 Å². The summed E-state index contributed by atoms with van der Waals surface area (Å²) in [5.74, 6) is -0.289. The van der Waals surface area contributed by atoms with Crippen LogP contribution >= 0.6 is 0 Å². The van der Waals surface area contributed by atoms with Crippen LogP contribution < -0.4 is 0 Å². The van der Waals surface area contributed by atoms with Gasteiger partial charge in [-0.1, -0.05) is 0 Å². The van der Waals surface area contributed by atoms with Crippen molar-refractivity contribution in [3.63, 3.8) is 0 Å². The minimum atomic E-state index is -0.289. The molecule has 1 unspecified atom stereocenters. The Morgan fingerprint density at radius 2 is 2.04 bits per heavy atom. The van der Waals surface area contributed by atoms with Gasteiger partial charge in [0, 0.05) is 37.7 Å². The van der Waals surface area contributed by atoms with Gasteiger partial charge in [0.25, 0.3) is 0 Å². The summed E-state index contributed by atoms with van der Waals surface area (Å²) in [7, 11) is 0. The maximum atomic E-state index is 12.2. The molecule has 6 heteroatoms. The number of hydrogen-bond donors (Lipinski definition) is 0. The fraction of sp³-hybridized carbons (Fsp3) is 0.412. The normalized spacial score (nSPS) is 16.9. The van der Waals surface area contributed by atoms with Gasteiger partial charge in [-0.15, -0.1) is 0 Å². The lowest BCUT2D eigenvalue weighted by Gasteiger charge is -2.28. The third-order valence-electron chi connectivity index (χ3n) is 3.83. The highest BCUT2D eigenvalue weighted by Gasteiger charge is 2.17. The fourth-order valence-corrected chi connectivity index (χ4v) is 2.62. The fourth-order valence-electron chi connectivity index (χ4n) is 2.62. The molecule has 1 fully saturated rings. The zero-order valence-electron chi connectivity index (χ0n) is 13.2. The summed E-state index contributed by atoms with van der Waals surface area (Å²) in [5.41, 5.74) is 1.52. The molecule has 0 N–H and O–H groups in total. The summed E-state index contributed by atoms with van der Waals surface area (Å²) in [6.07, 6.45) is 5.15. The molecular formula is C17H21N3O3. The number of hydrogen-bond acceptors (Lipinski definition) is 5. The lowest BCUT2D eigenvalue weighted by Crippen LogP contribution is -2.41. The number of imidazole rings is 1. The van der Waals surface area contributed by atoms with E-state index in [1.165, 1.54) is 0 Å². The van der Waals surface area contributed by atoms with Gasteiger partial charge in [-0.05, 0) is 31.2 Å². The molecule has 3 rings (SSSR count). The molecule has 122 valence electrons. The van der Waals surface area contributed by atoms with Crippen LogP contribution in [0.1, 0.15) is 17.3 Å². The van der Waals surface area contributed by atoms with E-state index in [1.54, 1.807) is 24.7 Å². The monoisotopic (exact) mass is 315 g/mol. The van der Waals surface area contributed by atoms with Crippen molar-refractivity contribution < 1.29 is 14.3 Å². The molecule has 0 amide bonds. The van der Waals surface area contributed by atoms with Gasteiger partial charge in [0.05, 0.1) is 25.1 Å². The van der Waals surface area contributed by atoms with Crippen molar-refractivity contribution in [2.75, 3.05) is 32.8 Å². The third-order valence-corrected chi connectivity index (χ3v) is 3.83. The number of nitrogens with zero attached hydrogens (tertiary/aromatic N) is 3. The first kappa shape index (κ1) is 15.7. The van der Waals surface area contributed by atoms with E-state index in [9.17, 15) is 4.79 Å². The first-order valence-electron chi connectivity index (χ1n) is 7.82. The maximum absolute atomic E-state index is 12.2. The Kier molecular flexibility index (Phi) is 5.05. The number of carbonyl (C=O) groups is 1. The first-order chi connectivity index (χ1) is 11.2. The van der Waals surface area contributed by atoms with E-state index in [4.69, 9.17) is 9.47 Å². The molecule has 6 nitrogen and oxygen atoms in total. The lowest BCUT2D eigenvalue weighted by molar-refractivity contribution is 0.000448. The van der Waals surface area contributed by atoms with Crippen molar-refractivity contribution in [2.45, 2.75) is 13.0 Å². The Hall–Kier alpha value is -2.18. The molecule has 0 spiro atoms. The van der Waals surface area contributed by atoms with E-state index in [0.29, 0.717) is 5.56 Å². The second kappa shape index (κ2) is 7.39. The summed E-state index contributed by atoms with van der Waals surface area (Å²) in [4.78, 5) is 18.5. The van der Waals surface area contributed by atoms with E-state index >= 15 is 0 Å². The van der Waals surface area contributed by atoms with Crippen molar-refractivity contribution in [3.05, 3.63) is 48.5 Å². The summed E-state index contributed by atoms with van der Waals surface area (Å²) in [6.45, 7) is 5.94. The molecule has 0 bridgehead atoms. The summed E-state index contributed by atoms with van der Waals surface area (Å²) < 4.78 is 12.7. The summed E-state index contributed by atoms with van der Waals surface area (Å²) in [6, 6.07) is 7.31. The van der Waals surface area contributed by atoms with Crippen molar-refractivity contribution in [1.82, 2.24) is 14.5 Å². The zero-order chi connectivity index (χ0) is 16.1. The number of benzene rings is 1. The predicted molar refractivity (Wildman–Crippen MR) is 85.7 cm³/mol. The first-order valence-corrected chi connectivity index (χ1v) is 7.82. The molecular weight excluding hydrogens is 294 g/mol. The smallest absolute Gasteiger partial charge is 0.338 e. The highest BCUT2D eigenvalue weighted by molar-refractivity contribution is 5.89. The number of rotatable bonds is 5. The standard InChI is InChI=1S/C17H21N3O3/c1-14(12-19-8-10-22-11-9-19)23-17(21)15-2-4-16(5-3-15)20-7-6-18-13-20/h2-7,13-14H,8-12H2,1H3. The molecule has 1 aliphatic rings. The van der Waals surface area contributed by atoms with Crippen LogP contribution in [0, 0.1) is 0 Å². The molecule has 0 saturated carbocycles. The van der Waals surface area contributed by atoms with Gasteiger partial charge in [-0.25, -0.2) is 9.78 Å². The van der Waals surface area contributed by atoms with Crippen LogP contribution in [-0.2, 0) is 9.47 Å². The van der Waals surface area contributed by atoms with Gasteiger partial charge in [0.1, 0.15) is 6.10 Å². The Balaban J connectivity index is 1.55. The Bertz CT molecular complexity index is 619. The van der Waals surface area contributed by atoms with E-state index in [0.717, 1.165) is 38.5 Å².